The van der Waals surface area contributed by atoms with E-state index in [1.165, 1.54) is 38.9 Å². The summed E-state index contributed by atoms with van der Waals surface area (Å²) in [6.45, 7) is 22.2. The molecule has 0 saturated carbocycles. The average molecular weight is 953 g/mol. The van der Waals surface area contributed by atoms with Gasteiger partial charge in [0.05, 0.1) is 0 Å². The Morgan fingerprint density at radius 1 is 0.610 bits per heavy atom. The van der Waals surface area contributed by atoms with Crippen LogP contribution in [0.15, 0.2) is 128 Å². The van der Waals surface area contributed by atoms with Gasteiger partial charge in [0, 0.05) is 61.3 Å². The van der Waals surface area contributed by atoms with E-state index in [9.17, 15) is 0 Å². The monoisotopic (exact) mass is 952 g/mol. The van der Waals surface area contributed by atoms with Crippen molar-refractivity contribution in [3.8, 4) is 28.4 Å². The Labute approximate surface area is 363 Å². The standard InChI is InChI=1S/C53H49N4O.Pt/c1-34-26-35(2)51(36(3)27-34)37-20-23-47-49(28-37)56(40-15-12-14-38(29-40)52(4,5)6)33-55(47)41-16-13-17-42(31-41)58-43-21-22-45-44-18-10-11-19-46(44)57(48(45)32-43)50-30-39(24-25-54-50)53(7,8)9;/h10-30,33H,1-9H3;/q-3;. The molecule has 0 saturated heterocycles. The van der Waals surface area contributed by atoms with Gasteiger partial charge in [0.2, 0.25) is 0 Å². The molecule has 0 amide bonds. The molecule has 0 spiro atoms. The van der Waals surface area contributed by atoms with Gasteiger partial charge < -0.3 is 19.1 Å². The maximum Gasteiger partial charge on any atom is 0.135 e. The van der Waals surface area contributed by atoms with E-state index in [0.717, 1.165) is 50.4 Å². The molecule has 5 nitrogen and oxygen atoms in total. The minimum absolute atomic E-state index is 0. The number of hydrogen-bond acceptors (Lipinski definition) is 4. The summed E-state index contributed by atoms with van der Waals surface area (Å²) < 4.78 is 8.81. The Hall–Kier alpha value is -5.64. The number of hydrogen-bond donors (Lipinski definition) is 0. The van der Waals surface area contributed by atoms with Crippen molar-refractivity contribution in [3.63, 3.8) is 0 Å². The molecule has 9 rings (SSSR count). The van der Waals surface area contributed by atoms with Crippen molar-refractivity contribution in [3.05, 3.63) is 174 Å². The average Bonchev–Trinajstić information content (AvgIpc) is 3.73. The van der Waals surface area contributed by atoms with Crippen molar-refractivity contribution in [2.75, 3.05) is 9.80 Å². The molecule has 0 bridgehead atoms. The number of pyridine rings is 1. The maximum absolute atomic E-state index is 6.62. The Balaban J connectivity index is 0.00000484. The van der Waals surface area contributed by atoms with Crippen molar-refractivity contribution in [1.82, 2.24) is 9.55 Å². The zero-order valence-electron chi connectivity index (χ0n) is 35.2. The predicted molar refractivity (Wildman–Crippen MR) is 241 cm³/mol. The van der Waals surface area contributed by atoms with Gasteiger partial charge in [0.25, 0.3) is 0 Å². The van der Waals surface area contributed by atoms with Crippen LogP contribution in [0.1, 0.15) is 69.4 Å². The Morgan fingerprint density at radius 3 is 2.08 bits per heavy atom. The molecule has 300 valence electrons. The van der Waals surface area contributed by atoms with Gasteiger partial charge in [0.1, 0.15) is 5.82 Å². The third kappa shape index (κ3) is 7.47. The molecule has 0 aliphatic carbocycles. The van der Waals surface area contributed by atoms with Gasteiger partial charge in [-0.1, -0.05) is 101 Å². The van der Waals surface area contributed by atoms with Gasteiger partial charge in [-0.15, -0.1) is 48.1 Å². The summed E-state index contributed by atoms with van der Waals surface area (Å²) in [5.41, 5.74) is 15.0. The Bertz CT molecular complexity index is 2850. The zero-order valence-corrected chi connectivity index (χ0v) is 37.5. The molecule has 2 aromatic heterocycles. The molecule has 0 atom stereocenters. The Morgan fingerprint density at radius 2 is 1.32 bits per heavy atom. The van der Waals surface area contributed by atoms with Crippen molar-refractivity contribution in [1.29, 1.82) is 0 Å². The van der Waals surface area contributed by atoms with Gasteiger partial charge in [-0.05, 0) is 113 Å². The van der Waals surface area contributed by atoms with Crippen LogP contribution in [0.4, 0.5) is 22.7 Å². The predicted octanol–water partition coefficient (Wildman–Crippen LogP) is 14.2. The van der Waals surface area contributed by atoms with Crippen LogP contribution in [0.3, 0.4) is 0 Å². The van der Waals surface area contributed by atoms with E-state index in [4.69, 9.17) is 9.72 Å². The summed E-state index contributed by atoms with van der Waals surface area (Å²) in [6, 6.07) is 50.4. The van der Waals surface area contributed by atoms with Crippen LogP contribution in [-0.2, 0) is 31.9 Å². The van der Waals surface area contributed by atoms with Gasteiger partial charge in [-0.2, -0.15) is 12.1 Å². The number of aryl methyl sites for hydroxylation is 3. The van der Waals surface area contributed by atoms with Crippen LogP contribution in [0.25, 0.3) is 38.8 Å². The normalized spacial score (nSPS) is 12.9. The topological polar surface area (TPSA) is 33.5 Å². The summed E-state index contributed by atoms with van der Waals surface area (Å²) in [7, 11) is 0. The Kier molecular flexibility index (Phi) is 10.3. The summed E-state index contributed by atoms with van der Waals surface area (Å²) in [5.74, 6) is 2.07. The summed E-state index contributed by atoms with van der Waals surface area (Å²) in [6.07, 6.45) is 1.90. The van der Waals surface area contributed by atoms with E-state index in [0.29, 0.717) is 11.5 Å². The molecule has 1 aliphatic heterocycles. The molecule has 0 N–H and O–H groups in total. The van der Waals surface area contributed by atoms with Gasteiger partial charge in [-0.25, -0.2) is 4.98 Å². The van der Waals surface area contributed by atoms with E-state index in [1.54, 1.807) is 0 Å². The van der Waals surface area contributed by atoms with Gasteiger partial charge >= 0.3 is 0 Å². The number of benzene rings is 6. The van der Waals surface area contributed by atoms with Crippen molar-refractivity contribution >= 4 is 44.6 Å². The fourth-order valence-electron chi connectivity index (χ4n) is 8.40. The number of para-hydroxylation sites is 1. The maximum atomic E-state index is 6.62. The number of fused-ring (bicyclic) bond motifs is 4. The largest absolute Gasteiger partial charge is 0.509 e. The van der Waals surface area contributed by atoms with E-state index >= 15 is 0 Å². The third-order valence-corrected chi connectivity index (χ3v) is 11.3. The summed E-state index contributed by atoms with van der Waals surface area (Å²) >= 11 is 0. The molecular weight excluding hydrogens is 904 g/mol. The molecule has 6 heteroatoms. The first-order chi connectivity index (χ1) is 27.7. The van der Waals surface area contributed by atoms with Crippen LogP contribution in [-0.4, -0.2) is 9.55 Å². The minimum atomic E-state index is -0.0163. The number of anilines is 4. The van der Waals surface area contributed by atoms with Crippen molar-refractivity contribution in [2.45, 2.75) is 73.1 Å². The van der Waals surface area contributed by atoms with Crippen molar-refractivity contribution in [2.24, 2.45) is 0 Å². The molecule has 0 fully saturated rings. The van der Waals surface area contributed by atoms with Crippen molar-refractivity contribution < 1.29 is 25.8 Å². The molecule has 1 aliphatic rings. The molecule has 59 heavy (non-hydrogen) atoms. The summed E-state index contributed by atoms with van der Waals surface area (Å²) in [5, 5.41) is 2.24. The van der Waals surface area contributed by atoms with E-state index in [2.05, 4.69) is 199 Å². The van der Waals surface area contributed by atoms with Crippen LogP contribution < -0.4 is 14.5 Å². The minimum Gasteiger partial charge on any atom is -0.509 e. The van der Waals surface area contributed by atoms with Gasteiger partial charge in [-0.3, -0.25) is 0 Å². The van der Waals surface area contributed by atoms with Crippen LogP contribution in [0.5, 0.6) is 11.5 Å². The molecular formula is C53H49N4OPt-3. The second-order valence-electron chi connectivity index (χ2n) is 17.7. The van der Waals surface area contributed by atoms with E-state index in [1.807, 2.05) is 24.4 Å². The fourth-order valence-corrected chi connectivity index (χ4v) is 8.40. The SMILES string of the molecule is Cc1cc(C)c(-c2ccc3c(c2)N(c2cccc(C(C)(C)C)c2)[CH-]N3c2[c-]c(Oc3[c-]c4c(cc3)c3ccccc3n4-c3cc(C(C)(C)C)ccn3)ccc2)c(C)c1.[Pt]. The number of rotatable bonds is 6. The fraction of sp³-hybridized carbons (Fsp3) is 0.208. The van der Waals surface area contributed by atoms with Crippen LogP contribution >= 0.6 is 0 Å². The number of ether oxygens (including phenoxy) is 1. The van der Waals surface area contributed by atoms with Crippen LogP contribution in [0, 0.1) is 39.6 Å². The first-order valence-corrected chi connectivity index (χ1v) is 20.1. The quantitative estimate of drug-likeness (QED) is 0.156. The van der Waals surface area contributed by atoms with Gasteiger partial charge in [0.15, 0.2) is 0 Å². The molecule has 6 aromatic carbocycles. The molecule has 0 radical (unpaired) electrons. The number of nitrogens with zero attached hydrogens (tertiary/aromatic N) is 4. The second kappa shape index (κ2) is 15.2. The molecule has 8 aromatic rings. The van der Waals surface area contributed by atoms with E-state index in [-0.39, 0.29) is 31.9 Å². The summed E-state index contributed by atoms with van der Waals surface area (Å²) in [4.78, 5) is 9.36. The third-order valence-electron chi connectivity index (χ3n) is 11.3. The number of aromatic nitrogens is 2. The first kappa shape index (κ1) is 40.2. The second-order valence-corrected chi connectivity index (χ2v) is 17.7. The van der Waals surface area contributed by atoms with Crippen LogP contribution in [0.2, 0.25) is 0 Å². The molecule has 0 unspecified atom stereocenters. The van der Waals surface area contributed by atoms with E-state index < -0.39 is 0 Å². The zero-order chi connectivity index (χ0) is 40.5. The smallest absolute Gasteiger partial charge is 0.135 e. The first-order valence-electron chi connectivity index (χ1n) is 20.1. The molecule has 3 heterocycles.